The number of alkyl halides is 12. The van der Waals surface area contributed by atoms with Crippen LogP contribution in [0.3, 0.4) is 0 Å². The fourth-order valence-electron chi connectivity index (χ4n) is 11.1. The lowest BCUT2D eigenvalue weighted by atomic mass is 9.96. The molecule has 10 aromatic carbocycles. The summed E-state index contributed by atoms with van der Waals surface area (Å²) in [6.07, 6.45) is -20.4. The van der Waals surface area contributed by atoms with Crippen molar-refractivity contribution in [3.8, 4) is 85.0 Å². The first kappa shape index (κ1) is 54.7. The van der Waals surface area contributed by atoms with Crippen LogP contribution < -0.4 is 0 Å². The van der Waals surface area contributed by atoms with Crippen molar-refractivity contribution in [3.63, 3.8) is 0 Å². The summed E-state index contributed by atoms with van der Waals surface area (Å²) in [7, 11) is 0. The first-order chi connectivity index (χ1) is 41.1. The van der Waals surface area contributed by atoms with Gasteiger partial charge in [0.05, 0.1) is 67.3 Å². The summed E-state index contributed by atoms with van der Waals surface area (Å²) in [5.74, 6) is 0.929. The van der Waals surface area contributed by atoms with Crippen molar-refractivity contribution >= 4 is 43.6 Å². The Kier molecular flexibility index (Phi) is 13.0. The van der Waals surface area contributed by atoms with E-state index in [9.17, 15) is 57.9 Å². The molecule has 0 unspecified atom stereocenters. The van der Waals surface area contributed by atoms with Crippen LogP contribution in [0.15, 0.2) is 218 Å². The second-order valence-electron chi connectivity index (χ2n) is 20.4. The van der Waals surface area contributed by atoms with Gasteiger partial charge in [-0.3, -0.25) is 0 Å². The molecule has 0 radical (unpaired) electrons. The Morgan fingerprint density at radius 3 is 1.05 bits per heavy atom. The molecule has 13 rings (SSSR count). The predicted octanol–water partition coefficient (Wildman–Crippen LogP) is 20.0. The van der Waals surface area contributed by atoms with Gasteiger partial charge in [0.25, 0.3) is 0 Å². The summed E-state index contributed by atoms with van der Waals surface area (Å²) in [6.45, 7) is 0. The Balaban J connectivity index is 1.09. The number of nitriles is 1. The van der Waals surface area contributed by atoms with Gasteiger partial charge >= 0.3 is 24.7 Å². The number of halogens is 12. The maximum absolute atomic E-state index is 14.2. The minimum Gasteiger partial charge on any atom is -0.309 e. The van der Waals surface area contributed by atoms with Crippen LogP contribution in [0.2, 0.25) is 0 Å². The number of aromatic nitrogens is 5. The molecule has 13 aromatic rings. The smallest absolute Gasteiger partial charge is 0.309 e. The maximum Gasteiger partial charge on any atom is 0.416 e. The van der Waals surface area contributed by atoms with E-state index in [1.54, 1.807) is 78.9 Å². The summed E-state index contributed by atoms with van der Waals surface area (Å²) >= 11 is 0. The second kappa shape index (κ2) is 20.4. The molecule has 0 aliphatic heterocycles. The Labute approximate surface area is 479 Å². The summed E-state index contributed by atoms with van der Waals surface area (Å²) in [5, 5.41) is 12.8. The van der Waals surface area contributed by atoms with E-state index < -0.39 is 47.0 Å². The van der Waals surface area contributed by atoms with Crippen LogP contribution in [-0.2, 0) is 24.7 Å². The molecular formula is C68H36F12N6. The Bertz CT molecular complexity index is 4770. The summed E-state index contributed by atoms with van der Waals surface area (Å²) < 4.78 is 174. The average Bonchev–Trinajstić information content (AvgIpc) is 1.62. The Morgan fingerprint density at radius 1 is 0.291 bits per heavy atom. The molecule has 6 nitrogen and oxygen atoms in total. The molecule has 3 aromatic heterocycles. The van der Waals surface area contributed by atoms with Gasteiger partial charge in [0.2, 0.25) is 0 Å². The van der Waals surface area contributed by atoms with E-state index in [2.05, 4.69) is 6.07 Å². The van der Waals surface area contributed by atoms with Gasteiger partial charge in [-0.05, 0) is 131 Å². The van der Waals surface area contributed by atoms with Gasteiger partial charge in [0.1, 0.15) is 0 Å². The molecule has 18 heteroatoms. The number of para-hydroxylation sites is 2. The van der Waals surface area contributed by atoms with Crippen molar-refractivity contribution in [2.75, 3.05) is 0 Å². The largest absolute Gasteiger partial charge is 0.416 e. The molecule has 0 aliphatic carbocycles. The molecule has 0 spiro atoms. The van der Waals surface area contributed by atoms with Crippen molar-refractivity contribution in [3.05, 3.63) is 246 Å². The maximum atomic E-state index is 14.2. The van der Waals surface area contributed by atoms with Crippen LogP contribution in [0.5, 0.6) is 0 Å². The molecule has 0 saturated carbocycles. The minimum absolute atomic E-state index is 0.0671. The second-order valence-corrected chi connectivity index (χ2v) is 20.4. The van der Waals surface area contributed by atoms with Gasteiger partial charge in [-0.2, -0.15) is 57.9 Å². The predicted molar refractivity (Wildman–Crippen MR) is 306 cm³/mol. The quantitative estimate of drug-likeness (QED) is 0.142. The van der Waals surface area contributed by atoms with E-state index in [1.807, 2.05) is 88.0 Å². The first-order valence-corrected chi connectivity index (χ1v) is 26.3. The molecule has 3 heterocycles. The highest BCUT2D eigenvalue weighted by Crippen LogP contribution is 2.46. The normalized spacial score (nSPS) is 12.4. The lowest BCUT2D eigenvalue weighted by molar-refractivity contribution is -0.144. The van der Waals surface area contributed by atoms with E-state index in [1.165, 1.54) is 24.3 Å². The van der Waals surface area contributed by atoms with E-state index in [4.69, 9.17) is 15.0 Å². The zero-order valence-electron chi connectivity index (χ0n) is 44.0. The van der Waals surface area contributed by atoms with Crippen LogP contribution in [0, 0.1) is 11.3 Å². The molecule has 0 bridgehead atoms. The average molecular weight is 1170 g/mol. The van der Waals surface area contributed by atoms with Gasteiger partial charge in [0, 0.05) is 49.4 Å². The minimum atomic E-state index is -5.10. The summed E-state index contributed by atoms with van der Waals surface area (Å²) in [5.41, 5.74) is -0.502. The van der Waals surface area contributed by atoms with Crippen LogP contribution in [-0.4, -0.2) is 24.1 Å². The van der Waals surface area contributed by atoms with Crippen molar-refractivity contribution in [1.82, 2.24) is 24.1 Å². The molecule has 0 aliphatic rings. The Hall–Kier alpha value is -10.5. The topological polar surface area (TPSA) is 72.3 Å². The fraction of sp³-hybridized carbons (Fsp3) is 0.0588. The standard InChI is InChI=1S/C68H36F12N6/c69-65(70,71)46-28-44(29-47(35-46)66(72,73)74)41-20-24-59-53(32-41)50-15-7-9-17-56(50)85(59)58-23-19-38(37-81)27-52(58)55-34-43(64-83-62(39-11-3-1-4-12-39)82-63(84-64)40-13-5-2-6-14-40)22-26-61(55)86-57-18-10-8-16-51(57)54-33-42(21-25-60(54)86)45-30-48(67(75,76)77)36-49(31-45)68(78,79)80/h1-36H. The van der Waals surface area contributed by atoms with E-state index in [0.717, 1.165) is 0 Å². The lowest BCUT2D eigenvalue weighted by Gasteiger charge is -2.20. The molecule has 0 N–H and O–H groups in total. The molecular weight excluding hydrogens is 1130 g/mol. The molecule has 0 atom stereocenters. The zero-order chi connectivity index (χ0) is 60.0. The SMILES string of the molecule is N#Cc1ccc(-n2c3ccccc3c3cc(-c4cc(C(F)(F)F)cc(C(F)(F)F)c4)ccc32)c(-c2cc(-c3nc(-c4ccccc4)nc(-c4ccccc4)n3)ccc2-n2c3ccccc3c3cc(-c4cc(C(F)(F)F)cc(C(F)(F)F)c4)ccc32)c1. The van der Waals surface area contributed by atoms with E-state index in [-0.39, 0.29) is 45.8 Å². The number of nitrogens with zero attached hydrogens (tertiary/aromatic N) is 6. The van der Waals surface area contributed by atoms with E-state index >= 15 is 0 Å². The van der Waals surface area contributed by atoms with Crippen molar-refractivity contribution in [2.45, 2.75) is 24.7 Å². The third kappa shape index (κ3) is 9.89. The molecule has 422 valence electrons. The highest BCUT2D eigenvalue weighted by molar-refractivity contribution is 6.13. The molecule has 0 amide bonds. The van der Waals surface area contributed by atoms with Crippen LogP contribution in [0.4, 0.5) is 52.7 Å². The van der Waals surface area contributed by atoms with Gasteiger partial charge < -0.3 is 9.13 Å². The lowest BCUT2D eigenvalue weighted by Crippen LogP contribution is -2.11. The number of rotatable bonds is 8. The highest BCUT2D eigenvalue weighted by Gasteiger charge is 2.39. The van der Waals surface area contributed by atoms with Gasteiger partial charge in [-0.1, -0.05) is 109 Å². The third-order valence-electron chi connectivity index (χ3n) is 15.0. The zero-order valence-corrected chi connectivity index (χ0v) is 44.0. The van der Waals surface area contributed by atoms with Gasteiger partial charge in [0.15, 0.2) is 17.5 Å². The number of hydrogen-bond acceptors (Lipinski definition) is 4. The summed E-state index contributed by atoms with van der Waals surface area (Å²) in [4.78, 5) is 14.9. The molecule has 0 saturated heterocycles. The van der Waals surface area contributed by atoms with E-state index in [0.29, 0.717) is 119 Å². The van der Waals surface area contributed by atoms with Gasteiger partial charge in [-0.25, -0.2) is 15.0 Å². The van der Waals surface area contributed by atoms with Crippen LogP contribution >= 0.6 is 0 Å². The van der Waals surface area contributed by atoms with Crippen molar-refractivity contribution in [1.29, 1.82) is 5.26 Å². The monoisotopic (exact) mass is 1160 g/mol. The Morgan fingerprint density at radius 2 is 0.640 bits per heavy atom. The number of benzene rings is 10. The van der Waals surface area contributed by atoms with Crippen molar-refractivity contribution < 1.29 is 52.7 Å². The molecule has 0 fully saturated rings. The highest BCUT2D eigenvalue weighted by atomic mass is 19.4. The first-order valence-electron chi connectivity index (χ1n) is 26.3. The third-order valence-corrected chi connectivity index (χ3v) is 15.0. The fourth-order valence-corrected chi connectivity index (χ4v) is 11.1. The molecule has 86 heavy (non-hydrogen) atoms. The van der Waals surface area contributed by atoms with Gasteiger partial charge in [-0.15, -0.1) is 0 Å². The number of fused-ring (bicyclic) bond motifs is 6. The van der Waals surface area contributed by atoms with Crippen LogP contribution in [0.25, 0.3) is 123 Å². The van der Waals surface area contributed by atoms with Crippen LogP contribution in [0.1, 0.15) is 27.8 Å². The number of hydrogen-bond donors (Lipinski definition) is 0. The van der Waals surface area contributed by atoms with Crippen molar-refractivity contribution in [2.24, 2.45) is 0 Å². The summed E-state index contributed by atoms with van der Waals surface area (Å²) in [6, 6.07) is 57.4.